The summed E-state index contributed by atoms with van der Waals surface area (Å²) in [6.07, 6.45) is 3.89. The van der Waals surface area contributed by atoms with Crippen molar-refractivity contribution < 1.29 is 9.72 Å². The molecule has 0 unspecified atom stereocenters. The summed E-state index contributed by atoms with van der Waals surface area (Å²) < 4.78 is 0. The van der Waals surface area contributed by atoms with Crippen molar-refractivity contribution in [3.8, 4) is 0 Å². The number of nitro groups is 1. The fourth-order valence-corrected chi connectivity index (χ4v) is 2.13. The van der Waals surface area contributed by atoms with Gasteiger partial charge >= 0.3 is 0 Å². The summed E-state index contributed by atoms with van der Waals surface area (Å²) in [5.41, 5.74) is 0.937. The Kier molecular flexibility index (Phi) is 3.60. The van der Waals surface area contributed by atoms with Crippen molar-refractivity contribution in [1.82, 2.24) is 0 Å². The molecule has 1 saturated carbocycles. The van der Waals surface area contributed by atoms with Gasteiger partial charge in [-0.25, -0.2) is 0 Å². The highest BCUT2D eigenvalue weighted by Crippen LogP contribution is 2.33. The molecular weight excluding hydrogens is 232 g/mol. The molecule has 5 heteroatoms. The molecule has 0 heterocycles. The molecule has 0 atom stereocenters. The van der Waals surface area contributed by atoms with E-state index < -0.39 is 4.92 Å². The molecule has 0 radical (unpaired) electrons. The lowest BCUT2D eigenvalue weighted by Gasteiger charge is -2.24. The summed E-state index contributed by atoms with van der Waals surface area (Å²) in [5, 5.41) is 10.8. The number of hydrogen-bond acceptors (Lipinski definition) is 4. The first kappa shape index (κ1) is 12.5. The van der Waals surface area contributed by atoms with Gasteiger partial charge in [0.15, 0.2) is 6.29 Å². The first-order valence-electron chi connectivity index (χ1n) is 6.17. The number of benzene rings is 1. The van der Waals surface area contributed by atoms with Crippen molar-refractivity contribution in [2.24, 2.45) is 0 Å². The first-order valence-corrected chi connectivity index (χ1v) is 6.17. The lowest BCUT2D eigenvalue weighted by Crippen LogP contribution is -2.26. The number of aldehydes is 1. The van der Waals surface area contributed by atoms with Crippen LogP contribution >= 0.6 is 0 Å². The normalized spacial score (nSPS) is 14.3. The Bertz CT molecular complexity index is 469. The second kappa shape index (κ2) is 5.16. The molecule has 18 heavy (non-hydrogen) atoms. The smallest absolute Gasteiger partial charge is 0.280 e. The molecule has 0 saturated heterocycles. The zero-order valence-corrected chi connectivity index (χ0v) is 10.3. The summed E-state index contributed by atoms with van der Waals surface area (Å²) in [7, 11) is 0. The molecule has 0 bridgehead atoms. The Hall–Kier alpha value is -1.91. The van der Waals surface area contributed by atoms with E-state index in [2.05, 4.69) is 11.8 Å². The molecule has 1 aliphatic carbocycles. The number of carbonyl (C=O) groups excluding carboxylic acids is 1. The molecule has 1 fully saturated rings. The van der Waals surface area contributed by atoms with Gasteiger partial charge < -0.3 is 4.90 Å². The van der Waals surface area contributed by atoms with Crippen molar-refractivity contribution in [3.63, 3.8) is 0 Å². The van der Waals surface area contributed by atoms with Crippen LogP contribution in [0.2, 0.25) is 0 Å². The van der Waals surface area contributed by atoms with Crippen LogP contribution in [0.5, 0.6) is 0 Å². The maximum Gasteiger partial charge on any atom is 0.280 e. The van der Waals surface area contributed by atoms with E-state index in [-0.39, 0.29) is 11.3 Å². The van der Waals surface area contributed by atoms with E-state index in [4.69, 9.17) is 0 Å². The van der Waals surface area contributed by atoms with Crippen LogP contribution in [0.1, 0.15) is 36.5 Å². The molecule has 96 valence electrons. The lowest BCUT2D eigenvalue weighted by molar-refractivity contribution is -0.385. The Balaban J connectivity index is 2.32. The molecule has 2 rings (SSSR count). The van der Waals surface area contributed by atoms with Gasteiger partial charge in [0.2, 0.25) is 0 Å². The zero-order chi connectivity index (χ0) is 13.1. The van der Waals surface area contributed by atoms with E-state index >= 15 is 0 Å². The number of nitrogens with zero attached hydrogens (tertiary/aromatic N) is 2. The van der Waals surface area contributed by atoms with E-state index in [1.807, 2.05) is 0 Å². The van der Waals surface area contributed by atoms with Gasteiger partial charge in [-0.1, -0.05) is 6.92 Å². The summed E-state index contributed by atoms with van der Waals surface area (Å²) in [6, 6.07) is 5.31. The monoisotopic (exact) mass is 248 g/mol. The van der Waals surface area contributed by atoms with Gasteiger partial charge in [-0.2, -0.15) is 0 Å². The third-order valence-electron chi connectivity index (χ3n) is 3.12. The summed E-state index contributed by atoms with van der Waals surface area (Å²) >= 11 is 0. The van der Waals surface area contributed by atoms with Gasteiger partial charge in [-0.15, -0.1) is 0 Å². The number of anilines is 1. The van der Waals surface area contributed by atoms with E-state index in [1.54, 1.807) is 12.1 Å². The number of nitro benzene ring substituents is 1. The molecule has 0 spiro atoms. The third kappa shape index (κ3) is 2.50. The van der Waals surface area contributed by atoms with Crippen LogP contribution in [0.3, 0.4) is 0 Å². The average Bonchev–Trinajstić information content (AvgIpc) is 3.19. The molecule has 0 amide bonds. The van der Waals surface area contributed by atoms with Crippen LogP contribution in [-0.2, 0) is 0 Å². The van der Waals surface area contributed by atoms with Crippen LogP contribution in [0, 0.1) is 10.1 Å². The Morgan fingerprint density at radius 2 is 2.22 bits per heavy atom. The lowest BCUT2D eigenvalue weighted by atomic mass is 10.1. The van der Waals surface area contributed by atoms with Crippen molar-refractivity contribution in [2.45, 2.75) is 32.2 Å². The average molecular weight is 248 g/mol. The fraction of sp³-hybridized carbons (Fsp3) is 0.462. The van der Waals surface area contributed by atoms with E-state index in [1.165, 1.54) is 6.07 Å². The van der Waals surface area contributed by atoms with Crippen molar-refractivity contribution in [1.29, 1.82) is 0 Å². The van der Waals surface area contributed by atoms with Crippen molar-refractivity contribution in [2.75, 3.05) is 11.4 Å². The summed E-state index contributed by atoms with van der Waals surface area (Å²) in [6.45, 7) is 3.02. The van der Waals surface area contributed by atoms with Gasteiger partial charge in [0.05, 0.1) is 10.5 Å². The van der Waals surface area contributed by atoms with Crippen LogP contribution in [0.15, 0.2) is 18.2 Å². The fourth-order valence-electron chi connectivity index (χ4n) is 2.13. The minimum atomic E-state index is -0.519. The van der Waals surface area contributed by atoms with Crippen LogP contribution < -0.4 is 4.90 Å². The van der Waals surface area contributed by atoms with Gasteiger partial charge in [-0.05, 0) is 31.4 Å². The molecule has 0 aromatic heterocycles. The molecule has 5 nitrogen and oxygen atoms in total. The standard InChI is InChI=1S/C13H16N2O3/c1-2-7-14(11-3-4-11)12-5-6-13(15(17)18)10(8-12)9-16/h5-6,8-9,11H,2-4,7H2,1H3. The third-order valence-corrected chi connectivity index (χ3v) is 3.12. The van der Waals surface area contributed by atoms with Crippen LogP contribution in [0.4, 0.5) is 11.4 Å². The molecule has 1 aromatic carbocycles. The first-order chi connectivity index (χ1) is 8.67. The van der Waals surface area contributed by atoms with Crippen LogP contribution in [-0.4, -0.2) is 23.8 Å². The van der Waals surface area contributed by atoms with Gasteiger partial charge in [0.1, 0.15) is 0 Å². The number of hydrogen-bond donors (Lipinski definition) is 0. The van der Waals surface area contributed by atoms with Gasteiger partial charge in [0, 0.05) is 24.3 Å². The summed E-state index contributed by atoms with van der Waals surface area (Å²) in [4.78, 5) is 23.4. The molecule has 1 aliphatic rings. The number of carbonyl (C=O) groups is 1. The second-order valence-corrected chi connectivity index (χ2v) is 4.54. The summed E-state index contributed by atoms with van der Waals surface area (Å²) in [5.74, 6) is 0. The highest BCUT2D eigenvalue weighted by molar-refractivity contribution is 5.83. The molecule has 1 aromatic rings. The molecular formula is C13H16N2O3. The van der Waals surface area contributed by atoms with E-state index in [9.17, 15) is 14.9 Å². The van der Waals surface area contributed by atoms with Gasteiger partial charge in [-0.3, -0.25) is 14.9 Å². The zero-order valence-electron chi connectivity index (χ0n) is 10.3. The highest BCUT2D eigenvalue weighted by Gasteiger charge is 2.29. The largest absolute Gasteiger partial charge is 0.369 e. The van der Waals surface area contributed by atoms with Crippen molar-refractivity contribution >= 4 is 17.7 Å². The van der Waals surface area contributed by atoms with Crippen molar-refractivity contribution in [3.05, 3.63) is 33.9 Å². The van der Waals surface area contributed by atoms with E-state index in [0.29, 0.717) is 12.3 Å². The Morgan fingerprint density at radius 3 is 2.72 bits per heavy atom. The van der Waals surface area contributed by atoms with E-state index in [0.717, 1.165) is 31.5 Å². The van der Waals surface area contributed by atoms with Gasteiger partial charge in [0.25, 0.3) is 5.69 Å². The predicted molar refractivity (Wildman–Crippen MR) is 69.1 cm³/mol. The minimum absolute atomic E-state index is 0.124. The quantitative estimate of drug-likeness (QED) is 0.441. The minimum Gasteiger partial charge on any atom is -0.369 e. The predicted octanol–water partition coefficient (Wildman–Crippen LogP) is 2.79. The topological polar surface area (TPSA) is 63.4 Å². The maximum atomic E-state index is 10.9. The second-order valence-electron chi connectivity index (χ2n) is 4.54. The SMILES string of the molecule is CCCN(c1ccc([N+](=O)[O-])c(C=O)c1)C1CC1. The van der Waals surface area contributed by atoms with Crippen LogP contribution in [0.25, 0.3) is 0 Å². The molecule has 0 aliphatic heterocycles. The maximum absolute atomic E-state index is 10.9. The Labute approximate surface area is 106 Å². The Morgan fingerprint density at radius 1 is 1.50 bits per heavy atom. The molecule has 0 N–H and O–H groups in total. The number of rotatable bonds is 6. The highest BCUT2D eigenvalue weighted by atomic mass is 16.6.